The van der Waals surface area contributed by atoms with Gasteiger partial charge in [-0.1, -0.05) is 61.6 Å². The van der Waals surface area contributed by atoms with Gasteiger partial charge in [0.1, 0.15) is 16.5 Å². The average Bonchev–Trinajstić information content (AvgIpc) is 3.15. The van der Waals surface area contributed by atoms with Crippen molar-refractivity contribution in [2.75, 3.05) is 5.32 Å². The zero-order valence-electron chi connectivity index (χ0n) is 15.3. The minimum atomic E-state index is -0.438. The molecule has 1 aromatic heterocycles. The molecule has 3 aromatic rings. The number of aromatic nitrogens is 2. The van der Waals surface area contributed by atoms with Crippen LogP contribution in [0.1, 0.15) is 54.7 Å². The number of benzene rings is 2. The Labute approximate surface area is 162 Å². The third kappa shape index (κ3) is 3.32. The van der Waals surface area contributed by atoms with Crippen molar-refractivity contribution in [2.24, 2.45) is 0 Å². The van der Waals surface area contributed by atoms with Gasteiger partial charge >= 0.3 is 0 Å². The molecule has 1 aliphatic rings. The summed E-state index contributed by atoms with van der Waals surface area (Å²) in [5.74, 6) is 1.26. The molecule has 27 heavy (non-hydrogen) atoms. The standard InChI is InChI=1S/C21H21N3O2S/c1-3-13(4-2)20-23-24-21(27-20)22-19(25)18-14-9-5-7-11-16(14)26-17-12-8-6-10-15(17)18/h5-13,18H,3-4H2,1-2H3,(H,22,24,25). The van der Waals surface area contributed by atoms with Gasteiger partial charge in [-0.05, 0) is 25.0 Å². The number of hydrogen-bond donors (Lipinski definition) is 1. The highest BCUT2D eigenvalue weighted by Gasteiger charge is 2.33. The Morgan fingerprint density at radius 1 is 1.04 bits per heavy atom. The Kier molecular flexibility index (Phi) is 4.90. The van der Waals surface area contributed by atoms with Crippen LogP contribution in [-0.2, 0) is 4.79 Å². The Bertz CT molecular complexity index is 920. The molecule has 1 amide bonds. The molecule has 1 aliphatic heterocycles. The minimum Gasteiger partial charge on any atom is -0.457 e. The largest absolute Gasteiger partial charge is 0.457 e. The fraction of sp³-hybridized carbons (Fsp3) is 0.286. The minimum absolute atomic E-state index is 0.120. The highest BCUT2D eigenvalue weighted by atomic mass is 32.1. The van der Waals surface area contributed by atoms with E-state index in [1.807, 2.05) is 48.5 Å². The van der Waals surface area contributed by atoms with Crippen molar-refractivity contribution in [1.82, 2.24) is 10.2 Å². The summed E-state index contributed by atoms with van der Waals surface area (Å²) < 4.78 is 5.97. The zero-order chi connectivity index (χ0) is 18.8. The molecule has 0 bridgehead atoms. The second kappa shape index (κ2) is 7.48. The van der Waals surface area contributed by atoms with E-state index in [1.165, 1.54) is 11.3 Å². The monoisotopic (exact) mass is 379 g/mol. The molecule has 6 heteroatoms. The van der Waals surface area contributed by atoms with E-state index in [0.29, 0.717) is 22.5 Å². The van der Waals surface area contributed by atoms with E-state index in [1.54, 1.807) is 0 Å². The van der Waals surface area contributed by atoms with Crippen LogP contribution < -0.4 is 10.1 Å². The Morgan fingerprint density at radius 2 is 1.63 bits per heavy atom. The van der Waals surface area contributed by atoms with Crippen LogP contribution in [0.25, 0.3) is 0 Å². The fourth-order valence-corrected chi connectivity index (χ4v) is 4.47. The summed E-state index contributed by atoms with van der Waals surface area (Å²) in [5.41, 5.74) is 1.72. The number of amides is 1. The van der Waals surface area contributed by atoms with Gasteiger partial charge in [0, 0.05) is 17.0 Å². The van der Waals surface area contributed by atoms with Crippen LogP contribution >= 0.6 is 11.3 Å². The van der Waals surface area contributed by atoms with Crippen molar-refractivity contribution in [3.05, 3.63) is 64.7 Å². The number of para-hydroxylation sites is 2. The molecule has 0 unspecified atom stereocenters. The molecular weight excluding hydrogens is 358 g/mol. The smallest absolute Gasteiger partial charge is 0.238 e. The van der Waals surface area contributed by atoms with E-state index in [0.717, 1.165) is 29.0 Å². The third-order valence-electron chi connectivity index (χ3n) is 4.95. The molecule has 0 radical (unpaired) electrons. The van der Waals surface area contributed by atoms with Crippen molar-refractivity contribution in [3.63, 3.8) is 0 Å². The van der Waals surface area contributed by atoms with E-state index in [2.05, 4.69) is 29.4 Å². The lowest BCUT2D eigenvalue weighted by Gasteiger charge is -2.27. The van der Waals surface area contributed by atoms with Crippen molar-refractivity contribution in [1.29, 1.82) is 0 Å². The number of nitrogens with one attached hydrogen (secondary N) is 1. The van der Waals surface area contributed by atoms with E-state index in [4.69, 9.17) is 4.74 Å². The molecular formula is C21H21N3O2S. The topological polar surface area (TPSA) is 64.1 Å². The van der Waals surface area contributed by atoms with E-state index < -0.39 is 5.92 Å². The summed E-state index contributed by atoms with van der Waals surface area (Å²) in [4.78, 5) is 13.2. The lowest BCUT2D eigenvalue weighted by atomic mass is 9.87. The molecule has 2 heterocycles. The maximum atomic E-state index is 13.2. The lowest BCUT2D eigenvalue weighted by Crippen LogP contribution is -2.25. The predicted octanol–water partition coefficient (Wildman–Crippen LogP) is 5.32. The van der Waals surface area contributed by atoms with Crippen LogP contribution in [0.4, 0.5) is 5.13 Å². The molecule has 1 N–H and O–H groups in total. The molecule has 2 aromatic carbocycles. The molecule has 4 rings (SSSR count). The van der Waals surface area contributed by atoms with Crippen LogP contribution in [0.2, 0.25) is 0 Å². The van der Waals surface area contributed by atoms with Gasteiger partial charge in [0.2, 0.25) is 11.0 Å². The molecule has 0 fully saturated rings. The SMILES string of the molecule is CCC(CC)c1nnc(NC(=O)C2c3ccccc3Oc3ccccc32)s1. The number of anilines is 1. The van der Waals surface area contributed by atoms with Gasteiger partial charge in [0.05, 0.1) is 5.92 Å². The second-order valence-electron chi connectivity index (χ2n) is 6.56. The quantitative estimate of drug-likeness (QED) is 0.652. The van der Waals surface area contributed by atoms with Crippen molar-refractivity contribution < 1.29 is 9.53 Å². The van der Waals surface area contributed by atoms with Gasteiger partial charge < -0.3 is 4.74 Å². The zero-order valence-corrected chi connectivity index (χ0v) is 16.1. The van der Waals surface area contributed by atoms with E-state index in [-0.39, 0.29) is 5.91 Å². The first kappa shape index (κ1) is 17.7. The van der Waals surface area contributed by atoms with Crippen LogP contribution in [0, 0.1) is 0 Å². The first-order chi connectivity index (χ1) is 13.2. The van der Waals surface area contributed by atoms with Crippen LogP contribution in [-0.4, -0.2) is 16.1 Å². The molecule has 5 nitrogen and oxygen atoms in total. The number of carbonyl (C=O) groups excluding carboxylic acids is 1. The Balaban J connectivity index is 1.64. The van der Waals surface area contributed by atoms with Crippen molar-refractivity contribution in [2.45, 2.75) is 38.5 Å². The summed E-state index contributed by atoms with van der Waals surface area (Å²) in [7, 11) is 0. The van der Waals surface area contributed by atoms with Crippen LogP contribution in [0.3, 0.4) is 0 Å². The summed E-state index contributed by atoms with van der Waals surface area (Å²) in [5, 5.41) is 12.9. The molecule has 0 aliphatic carbocycles. The summed E-state index contributed by atoms with van der Waals surface area (Å²) >= 11 is 1.46. The molecule has 0 saturated heterocycles. The van der Waals surface area contributed by atoms with Gasteiger partial charge in [-0.3, -0.25) is 10.1 Å². The van der Waals surface area contributed by atoms with E-state index >= 15 is 0 Å². The first-order valence-electron chi connectivity index (χ1n) is 9.21. The average molecular weight is 379 g/mol. The van der Waals surface area contributed by atoms with E-state index in [9.17, 15) is 4.79 Å². The van der Waals surface area contributed by atoms with Crippen molar-refractivity contribution >= 4 is 22.4 Å². The summed E-state index contributed by atoms with van der Waals surface area (Å²) in [6.07, 6.45) is 2.03. The number of nitrogens with zero attached hydrogens (tertiary/aromatic N) is 2. The molecule has 138 valence electrons. The van der Waals surface area contributed by atoms with Crippen LogP contribution in [0.5, 0.6) is 11.5 Å². The maximum absolute atomic E-state index is 13.2. The number of hydrogen-bond acceptors (Lipinski definition) is 5. The van der Waals surface area contributed by atoms with Gasteiger partial charge in [-0.25, -0.2) is 0 Å². The number of carbonyl (C=O) groups is 1. The second-order valence-corrected chi connectivity index (χ2v) is 7.57. The number of rotatable bonds is 5. The highest BCUT2D eigenvalue weighted by Crippen LogP contribution is 2.44. The summed E-state index contributed by atoms with van der Waals surface area (Å²) in [6.45, 7) is 4.29. The fourth-order valence-electron chi connectivity index (χ4n) is 3.46. The van der Waals surface area contributed by atoms with Crippen molar-refractivity contribution in [3.8, 4) is 11.5 Å². The number of ether oxygens (including phenoxy) is 1. The first-order valence-corrected chi connectivity index (χ1v) is 10.0. The maximum Gasteiger partial charge on any atom is 0.238 e. The molecule has 0 atom stereocenters. The van der Waals surface area contributed by atoms with Gasteiger partial charge in [-0.15, -0.1) is 10.2 Å². The predicted molar refractivity (Wildman–Crippen MR) is 107 cm³/mol. The van der Waals surface area contributed by atoms with Gasteiger partial charge in [-0.2, -0.15) is 0 Å². The number of fused-ring (bicyclic) bond motifs is 2. The normalized spacial score (nSPS) is 13.0. The lowest BCUT2D eigenvalue weighted by molar-refractivity contribution is -0.116. The third-order valence-corrected chi connectivity index (χ3v) is 5.95. The Hall–Kier alpha value is -2.73. The molecule has 0 spiro atoms. The van der Waals surface area contributed by atoms with Crippen LogP contribution in [0.15, 0.2) is 48.5 Å². The molecule has 0 saturated carbocycles. The Morgan fingerprint density at radius 3 is 2.22 bits per heavy atom. The summed E-state index contributed by atoms with van der Waals surface area (Å²) in [6, 6.07) is 15.3. The highest BCUT2D eigenvalue weighted by molar-refractivity contribution is 7.15. The van der Waals surface area contributed by atoms with Gasteiger partial charge in [0.25, 0.3) is 0 Å². The van der Waals surface area contributed by atoms with Gasteiger partial charge in [0.15, 0.2) is 0 Å².